The highest BCUT2D eigenvalue weighted by Gasteiger charge is 2.26. The topological polar surface area (TPSA) is 108 Å². The van der Waals surface area contributed by atoms with Gasteiger partial charge in [-0.15, -0.1) is 0 Å². The summed E-state index contributed by atoms with van der Waals surface area (Å²) in [6.07, 6.45) is 5.34. The van der Waals surface area contributed by atoms with Crippen LogP contribution in [0.1, 0.15) is 59.3 Å². The molecule has 0 unspecified atom stereocenters. The van der Waals surface area contributed by atoms with Crippen molar-refractivity contribution < 1.29 is 4.79 Å². The maximum absolute atomic E-state index is 13.6. The molecule has 5 rings (SSSR count). The van der Waals surface area contributed by atoms with E-state index in [9.17, 15) is 10.1 Å². The fraction of sp³-hybridized carbons (Fsp3) is 0.250. The van der Waals surface area contributed by atoms with Gasteiger partial charge in [-0.1, -0.05) is 73.9 Å². The van der Waals surface area contributed by atoms with Gasteiger partial charge in [-0.3, -0.25) is 10.2 Å². The van der Waals surface area contributed by atoms with Crippen molar-refractivity contribution in [1.29, 1.82) is 10.7 Å². The molecule has 4 N–H and O–H groups in total. The van der Waals surface area contributed by atoms with Crippen LogP contribution < -0.4 is 11.1 Å². The number of rotatable bonds is 5. The van der Waals surface area contributed by atoms with E-state index in [1.807, 2.05) is 22.8 Å². The van der Waals surface area contributed by atoms with Crippen molar-refractivity contribution >= 4 is 33.4 Å². The SMILES string of the molecule is N#Cc1c(C(=O)NC2CCCCC2)n(Cc2cccc3ccccc23)c2cc(C(=N)N)ccc12. The Morgan fingerprint density at radius 2 is 1.82 bits per heavy atom. The van der Waals surface area contributed by atoms with E-state index in [1.165, 1.54) is 6.42 Å². The van der Waals surface area contributed by atoms with Gasteiger partial charge in [0.1, 0.15) is 17.6 Å². The van der Waals surface area contributed by atoms with Gasteiger partial charge < -0.3 is 15.6 Å². The molecular formula is C28H27N5O. The van der Waals surface area contributed by atoms with Crippen LogP contribution in [0.4, 0.5) is 0 Å². The second-order valence-electron chi connectivity index (χ2n) is 9.01. The van der Waals surface area contributed by atoms with E-state index < -0.39 is 0 Å². The van der Waals surface area contributed by atoms with E-state index in [4.69, 9.17) is 11.1 Å². The van der Waals surface area contributed by atoms with Crippen LogP contribution in [0.25, 0.3) is 21.7 Å². The van der Waals surface area contributed by atoms with Crippen LogP contribution in [0, 0.1) is 16.7 Å². The number of benzene rings is 3. The number of aromatic nitrogens is 1. The van der Waals surface area contributed by atoms with E-state index in [0.29, 0.717) is 28.8 Å². The first kappa shape index (κ1) is 21.7. The maximum Gasteiger partial charge on any atom is 0.269 e. The van der Waals surface area contributed by atoms with Gasteiger partial charge in [0.2, 0.25) is 0 Å². The number of hydrogen-bond donors (Lipinski definition) is 3. The van der Waals surface area contributed by atoms with Gasteiger partial charge in [-0.05, 0) is 35.2 Å². The molecule has 0 saturated heterocycles. The van der Waals surface area contributed by atoms with Crippen LogP contribution in [0.5, 0.6) is 0 Å². The van der Waals surface area contributed by atoms with Gasteiger partial charge in [-0.2, -0.15) is 5.26 Å². The standard InChI is InChI=1S/C28H27N5O/c29-16-24-23-14-13-19(27(30)31)15-25(23)33(26(24)28(34)32-21-10-2-1-3-11-21)17-20-9-6-8-18-7-4-5-12-22(18)20/h4-9,12-15,21H,1-3,10-11,17H2,(H3,30,31)(H,32,34). The van der Waals surface area contributed by atoms with Gasteiger partial charge >= 0.3 is 0 Å². The van der Waals surface area contributed by atoms with Crippen LogP contribution in [0.3, 0.4) is 0 Å². The predicted octanol–water partition coefficient (Wildman–Crippen LogP) is 5.06. The number of carbonyl (C=O) groups is 1. The zero-order valence-corrected chi connectivity index (χ0v) is 19.0. The Morgan fingerprint density at radius 1 is 1.06 bits per heavy atom. The van der Waals surface area contributed by atoms with E-state index in [-0.39, 0.29) is 17.8 Å². The lowest BCUT2D eigenvalue weighted by Gasteiger charge is -2.23. The highest BCUT2D eigenvalue weighted by Crippen LogP contribution is 2.30. The van der Waals surface area contributed by atoms with Crippen LogP contribution in [-0.4, -0.2) is 22.4 Å². The lowest BCUT2D eigenvalue weighted by Crippen LogP contribution is -2.37. The smallest absolute Gasteiger partial charge is 0.269 e. The van der Waals surface area contributed by atoms with Gasteiger partial charge in [0.25, 0.3) is 5.91 Å². The summed E-state index contributed by atoms with van der Waals surface area (Å²) in [4.78, 5) is 13.6. The minimum atomic E-state index is -0.218. The number of hydrogen-bond acceptors (Lipinski definition) is 3. The molecule has 1 aliphatic rings. The molecule has 0 bridgehead atoms. The summed E-state index contributed by atoms with van der Waals surface area (Å²) in [7, 11) is 0. The summed E-state index contributed by atoms with van der Waals surface area (Å²) in [6.45, 7) is 0.425. The Bertz CT molecular complexity index is 1450. The summed E-state index contributed by atoms with van der Waals surface area (Å²) in [6, 6.07) is 22.0. The number of amidine groups is 1. The lowest BCUT2D eigenvalue weighted by atomic mass is 9.95. The minimum Gasteiger partial charge on any atom is -0.384 e. The van der Waals surface area contributed by atoms with E-state index >= 15 is 0 Å². The lowest BCUT2D eigenvalue weighted by molar-refractivity contribution is 0.0919. The number of carbonyl (C=O) groups excluding carboxylic acids is 1. The number of nitrogens with zero attached hydrogens (tertiary/aromatic N) is 2. The summed E-state index contributed by atoms with van der Waals surface area (Å²) in [5.74, 6) is -0.268. The quantitative estimate of drug-likeness (QED) is 0.293. The molecule has 4 aromatic rings. The number of nitrogens with two attached hydrogens (primary N) is 1. The van der Waals surface area contributed by atoms with Crippen molar-refractivity contribution in [3.05, 3.63) is 83.0 Å². The van der Waals surface area contributed by atoms with Gasteiger partial charge in [-0.25, -0.2) is 0 Å². The molecule has 1 saturated carbocycles. The Balaban J connectivity index is 1.69. The molecule has 1 heterocycles. The summed E-state index contributed by atoms with van der Waals surface area (Å²) < 4.78 is 1.92. The van der Waals surface area contributed by atoms with Gasteiger partial charge in [0.05, 0.1) is 11.1 Å². The minimum absolute atomic E-state index is 0.0495. The van der Waals surface area contributed by atoms with Crippen molar-refractivity contribution in [1.82, 2.24) is 9.88 Å². The molecule has 1 amide bonds. The second kappa shape index (κ2) is 9.03. The molecular weight excluding hydrogens is 422 g/mol. The van der Waals surface area contributed by atoms with E-state index in [0.717, 1.165) is 47.5 Å². The van der Waals surface area contributed by atoms with Crippen LogP contribution in [0.2, 0.25) is 0 Å². The molecule has 6 heteroatoms. The summed E-state index contributed by atoms with van der Waals surface area (Å²) in [5.41, 5.74) is 8.85. The Morgan fingerprint density at radius 3 is 2.59 bits per heavy atom. The fourth-order valence-electron chi connectivity index (χ4n) is 5.13. The van der Waals surface area contributed by atoms with Crippen molar-refractivity contribution in [3.8, 4) is 6.07 Å². The number of nitrogens with one attached hydrogen (secondary N) is 2. The predicted molar refractivity (Wildman–Crippen MR) is 135 cm³/mol. The van der Waals surface area contributed by atoms with E-state index in [1.54, 1.807) is 18.2 Å². The number of amides is 1. The monoisotopic (exact) mass is 449 g/mol. The number of nitrogen functional groups attached to an aromatic ring is 1. The van der Waals surface area contributed by atoms with E-state index in [2.05, 4.69) is 35.7 Å². The van der Waals surface area contributed by atoms with Gasteiger partial charge in [0.15, 0.2) is 0 Å². The average Bonchev–Trinajstić information content (AvgIpc) is 3.17. The average molecular weight is 450 g/mol. The fourth-order valence-corrected chi connectivity index (χ4v) is 5.13. The highest BCUT2D eigenvalue weighted by molar-refractivity contribution is 6.06. The van der Waals surface area contributed by atoms with Crippen LogP contribution >= 0.6 is 0 Å². The zero-order chi connectivity index (χ0) is 23.7. The molecule has 34 heavy (non-hydrogen) atoms. The van der Waals surface area contributed by atoms with Crippen LogP contribution in [0.15, 0.2) is 60.7 Å². The third-order valence-electron chi connectivity index (χ3n) is 6.85. The first-order chi connectivity index (χ1) is 16.6. The molecule has 0 atom stereocenters. The normalized spacial score (nSPS) is 14.2. The van der Waals surface area contributed by atoms with Gasteiger partial charge in [0, 0.05) is 23.5 Å². The third kappa shape index (κ3) is 3.90. The first-order valence-corrected chi connectivity index (χ1v) is 11.7. The number of fused-ring (bicyclic) bond motifs is 2. The summed E-state index contributed by atoms with van der Waals surface area (Å²) in [5, 5.41) is 24.1. The third-order valence-corrected chi connectivity index (χ3v) is 6.85. The Labute approximate surface area is 198 Å². The van der Waals surface area contributed by atoms with Crippen molar-refractivity contribution in [2.45, 2.75) is 44.7 Å². The highest BCUT2D eigenvalue weighted by atomic mass is 16.2. The molecule has 3 aromatic carbocycles. The molecule has 1 aromatic heterocycles. The molecule has 0 spiro atoms. The molecule has 170 valence electrons. The maximum atomic E-state index is 13.6. The Hall–Kier alpha value is -4.11. The molecule has 1 aliphatic carbocycles. The number of nitriles is 1. The molecule has 0 radical (unpaired) electrons. The van der Waals surface area contributed by atoms with Crippen molar-refractivity contribution in [2.75, 3.05) is 0 Å². The second-order valence-corrected chi connectivity index (χ2v) is 9.01. The molecule has 0 aliphatic heterocycles. The molecule has 6 nitrogen and oxygen atoms in total. The first-order valence-electron chi connectivity index (χ1n) is 11.7. The van der Waals surface area contributed by atoms with Crippen molar-refractivity contribution in [3.63, 3.8) is 0 Å². The van der Waals surface area contributed by atoms with Crippen molar-refractivity contribution in [2.24, 2.45) is 5.73 Å². The zero-order valence-electron chi connectivity index (χ0n) is 19.0. The largest absolute Gasteiger partial charge is 0.384 e. The van der Waals surface area contributed by atoms with Crippen LogP contribution in [-0.2, 0) is 6.54 Å². The Kier molecular flexibility index (Phi) is 5.77. The summed E-state index contributed by atoms with van der Waals surface area (Å²) >= 11 is 0. The molecule has 1 fully saturated rings.